The first kappa shape index (κ1) is 36.9. The maximum atomic E-state index is 11.9. The first-order chi connectivity index (χ1) is 18.3. The summed E-state index contributed by atoms with van der Waals surface area (Å²) >= 11 is 0. The Morgan fingerprint density at radius 3 is 1.03 bits per heavy atom. The molecule has 0 bridgehead atoms. The average molecular weight is 541 g/mol. The summed E-state index contributed by atoms with van der Waals surface area (Å²) in [5.74, 6) is 1.08. The minimum Gasteiger partial charge on any atom is -0.463 e. The summed E-state index contributed by atoms with van der Waals surface area (Å²) in [6.45, 7) is 8.93. The van der Waals surface area contributed by atoms with E-state index in [-0.39, 0.29) is 25.2 Å². The molecule has 0 saturated heterocycles. The van der Waals surface area contributed by atoms with Gasteiger partial charge in [-0.15, -0.1) is 0 Å². The van der Waals surface area contributed by atoms with Crippen LogP contribution in [0.25, 0.3) is 0 Å². The Bertz CT molecular complexity index is 531. The molecule has 0 amide bonds. The first-order valence-corrected chi connectivity index (χ1v) is 16.3. The number of ether oxygens (including phenoxy) is 2. The quantitative estimate of drug-likeness (QED) is 0.0790. The van der Waals surface area contributed by atoms with Gasteiger partial charge in [-0.3, -0.25) is 9.59 Å². The number of aliphatic hydroxyl groups is 1. The largest absolute Gasteiger partial charge is 0.463 e. The van der Waals surface area contributed by atoms with Gasteiger partial charge in [0.2, 0.25) is 0 Å². The van der Waals surface area contributed by atoms with E-state index in [2.05, 4.69) is 27.7 Å². The maximum Gasteiger partial charge on any atom is 0.305 e. The zero-order valence-corrected chi connectivity index (χ0v) is 25.8. The highest BCUT2D eigenvalue weighted by Crippen LogP contribution is 2.15. The second kappa shape index (κ2) is 27.5. The molecule has 0 saturated carbocycles. The van der Waals surface area contributed by atoms with Gasteiger partial charge >= 0.3 is 11.9 Å². The average Bonchev–Trinajstić information content (AvgIpc) is 2.87. The van der Waals surface area contributed by atoms with Crippen molar-refractivity contribution in [3.63, 3.8) is 0 Å². The zero-order valence-electron chi connectivity index (χ0n) is 25.8. The summed E-state index contributed by atoms with van der Waals surface area (Å²) in [7, 11) is 0. The molecule has 0 radical (unpaired) electrons. The third-order valence-corrected chi connectivity index (χ3v) is 7.20. The summed E-state index contributed by atoms with van der Waals surface area (Å²) in [4.78, 5) is 23.7. The van der Waals surface area contributed by atoms with E-state index in [9.17, 15) is 14.7 Å². The van der Waals surface area contributed by atoms with E-state index in [1.54, 1.807) is 0 Å². The topological polar surface area (TPSA) is 72.8 Å². The molecule has 5 heteroatoms. The van der Waals surface area contributed by atoms with Gasteiger partial charge in [0.25, 0.3) is 0 Å². The molecule has 0 rings (SSSR count). The molecule has 1 N–H and O–H groups in total. The zero-order chi connectivity index (χ0) is 28.3. The lowest BCUT2D eigenvalue weighted by atomic mass is 10.0. The number of hydrogen-bond acceptors (Lipinski definition) is 5. The van der Waals surface area contributed by atoms with Gasteiger partial charge in [-0.2, -0.15) is 0 Å². The van der Waals surface area contributed by atoms with Gasteiger partial charge in [0.05, 0.1) is 0 Å². The van der Waals surface area contributed by atoms with Crippen LogP contribution in [0.2, 0.25) is 0 Å². The molecular formula is C33H64O5. The van der Waals surface area contributed by atoms with Crippen LogP contribution in [0.15, 0.2) is 0 Å². The molecule has 0 aliphatic heterocycles. The Labute approximate surface area is 236 Å². The highest BCUT2D eigenvalue weighted by molar-refractivity contribution is 5.69. The second-order valence-corrected chi connectivity index (χ2v) is 12.2. The van der Waals surface area contributed by atoms with Crippen LogP contribution in [0, 0.1) is 11.8 Å². The highest BCUT2D eigenvalue weighted by atomic mass is 16.6. The molecule has 0 aromatic heterocycles. The molecule has 226 valence electrons. The molecule has 0 spiro atoms. The number of unbranched alkanes of at least 4 members (excludes halogenated alkanes) is 16. The molecule has 5 nitrogen and oxygen atoms in total. The normalized spacial score (nSPS) is 12.3. The SMILES string of the molecule is CC(C)CCCCCCCCCCCCC(=O)OC[C@H](O)COC(=O)CCCCCCCCCCC(C)C. The molecule has 0 aromatic rings. The fourth-order valence-corrected chi connectivity index (χ4v) is 4.69. The Hall–Kier alpha value is -1.10. The molecule has 1 atom stereocenters. The number of rotatable bonds is 28. The monoisotopic (exact) mass is 540 g/mol. The van der Waals surface area contributed by atoms with Gasteiger partial charge in [0.15, 0.2) is 0 Å². The van der Waals surface area contributed by atoms with Gasteiger partial charge in [-0.1, -0.05) is 143 Å². The van der Waals surface area contributed by atoms with Gasteiger partial charge in [0.1, 0.15) is 19.3 Å². The third kappa shape index (κ3) is 29.5. The molecule has 0 aliphatic carbocycles. The Kier molecular flexibility index (Phi) is 26.7. The number of carbonyl (C=O) groups is 2. The summed E-state index contributed by atoms with van der Waals surface area (Å²) in [6.07, 6.45) is 24.4. The summed E-state index contributed by atoms with van der Waals surface area (Å²) in [6, 6.07) is 0. The molecule has 0 fully saturated rings. The molecule has 0 heterocycles. The summed E-state index contributed by atoms with van der Waals surface area (Å²) < 4.78 is 10.3. The standard InChI is InChI=1S/C33H64O5/c1-29(2)23-19-15-11-7-5-6-8-13-17-21-25-32(35)37-27-31(34)28-38-33(36)26-22-18-14-10-9-12-16-20-24-30(3)4/h29-31,34H,5-28H2,1-4H3/t31-/m0/s1. The van der Waals surface area contributed by atoms with Crippen molar-refractivity contribution in [2.75, 3.05) is 13.2 Å². The summed E-state index contributed by atoms with van der Waals surface area (Å²) in [5, 5.41) is 9.94. The Balaban J connectivity index is 3.43. The predicted molar refractivity (Wildman–Crippen MR) is 159 cm³/mol. The van der Waals surface area contributed by atoms with Gasteiger partial charge in [0, 0.05) is 12.8 Å². The number of carbonyl (C=O) groups excluding carboxylic acids is 2. The first-order valence-electron chi connectivity index (χ1n) is 16.3. The van der Waals surface area contributed by atoms with Crippen LogP contribution in [0.3, 0.4) is 0 Å². The van der Waals surface area contributed by atoms with Crippen LogP contribution in [-0.2, 0) is 19.1 Å². The van der Waals surface area contributed by atoms with Crippen molar-refractivity contribution in [3.05, 3.63) is 0 Å². The molecular weight excluding hydrogens is 476 g/mol. The van der Waals surface area contributed by atoms with Crippen molar-refractivity contribution in [3.8, 4) is 0 Å². The van der Waals surface area contributed by atoms with E-state index in [0.29, 0.717) is 12.8 Å². The number of aliphatic hydroxyl groups excluding tert-OH is 1. The van der Waals surface area contributed by atoms with Crippen LogP contribution in [0.4, 0.5) is 0 Å². The fourth-order valence-electron chi connectivity index (χ4n) is 4.69. The highest BCUT2D eigenvalue weighted by Gasteiger charge is 2.12. The third-order valence-electron chi connectivity index (χ3n) is 7.20. The van der Waals surface area contributed by atoms with Crippen molar-refractivity contribution < 1.29 is 24.2 Å². The lowest BCUT2D eigenvalue weighted by molar-refractivity contribution is -0.152. The number of hydrogen-bond donors (Lipinski definition) is 1. The van der Waals surface area contributed by atoms with E-state index < -0.39 is 6.10 Å². The Morgan fingerprint density at radius 2 is 0.737 bits per heavy atom. The van der Waals surface area contributed by atoms with Crippen molar-refractivity contribution in [2.45, 2.75) is 175 Å². The van der Waals surface area contributed by atoms with Crippen molar-refractivity contribution in [1.82, 2.24) is 0 Å². The minimum atomic E-state index is -0.955. The van der Waals surface area contributed by atoms with E-state index in [1.165, 1.54) is 89.9 Å². The van der Waals surface area contributed by atoms with Crippen LogP contribution >= 0.6 is 0 Å². The summed E-state index contributed by atoms with van der Waals surface area (Å²) in [5.41, 5.74) is 0. The van der Waals surface area contributed by atoms with Crippen LogP contribution in [0.1, 0.15) is 169 Å². The lowest BCUT2D eigenvalue weighted by Gasteiger charge is -2.12. The Morgan fingerprint density at radius 1 is 0.474 bits per heavy atom. The predicted octanol–water partition coefficient (Wildman–Crippen LogP) is 9.33. The molecule has 38 heavy (non-hydrogen) atoms. The van der Waals surface area contributed by atoms with E-state index >= 15 is 0 Å². The minimum absolute atomic E-state index is 0.111. The van der Waals surface area contributed by atoms with Gasteiger partial charge < -0.3 is 14.6 Å². The van der Waals surface area contributed by atoms with E-state index in [4.69, 9.17) is 9.47 Å². The van der Waals surface area contributed by atoms with Crippen LogP contribution in [-0.4, -0.2) is 36.4 Å². The molecule has 0 unspecified atom stereocenters. The van der Waals surface area contributed by atoms with Crippen LogP contribution < -0.4 is 0 Å². The van der Waals surface area contributed by atoms with Crippen molar-refractivity contribution >= 4 is 11.9 Å². The van der Waals surface area contributed by atoms with Gasteiger partial charge in [-0.25, -0.2) is 0 Å². The number of esters is 2. The lowest BCUT2D eigenvalue weighted by Crippen LogP contribution is -2.25. The molecule has 0 aliphatic rings. The van der Waals surface area contributed by atoms with E-state index in [0.717, 1.165) is 50.4 Å². The maximum absolute atomic E-state index is 11.9. The van der Waals surface area contributed by atoms with Crippen molar-refractivity contribution in [2.24, 2.45) is 11.8 Å². The smallest absolute Gasteiger partial charge is 0.305 e. The second-order valence-electron chi connectivity index (χ2n) is 12.2. The molecule has 0 aromatic carbocycles. The van der Waals surface area contributed by atoms with Crippen LogP contribution in [0.5, 0.6) is 0 Å². The van der Waals surface area contributed by atoms with Crippen molar-refractivity contribution in [1.29, 1.82) is 0 Å². The van der Waals surface area contributed by atoms with E-state index in [1.807, 2.05) is 0 Å². The van der Waals surface area contributed by atoms with Gasteiger partial charge in [-0.05, 0) is 24.7 Å². The fraction of sp³-hybridized carbons (Fsp3) is 0.939.